The lowest BCUT2D eigenvalue weighted by molar-refractivity contribution is -0.116. The van der Waals surface area contributed by atoms with Crippen LogP contribution in [0.4, 0.5) is 5.69 Å². The zero-order valence-corrected chi connectivity index (χ0v) is 16.0. The summed E-state index contributed by atoms with van der Waals surface area (Å²) in [6.07, 6.45) is 0.526. The SMILES string of the molecule is Cc1ccc(NC(=O)CCN2CCN(C)C(c3ccccc3)C2)c(C)c1. The van der Waals surface area contributed by atoms with E-state index in [2.05, 4.69) is 65.5 Å². The lowest BCUT2D eigenvalue weighted by Gasteiger charge is -2.39. The first-order valence-corrected chi connectivity index (χ1v) is 9.37. The Kier molecular flexibility index (Phi) is 6.07. The normalized spacial score (nSPS) is 18.7. The number of piperazine rings is 1. The van der Waals surface area contributed by atoms with Crippen LogP contribution in [0.5, 0.6) is 0 Å². The summed E-state index contributed by atoms with van der Waals surface area (Å²) < 4.78 is 0. The molecule has 1 atom stereocenters. The third-order valence-electron chi connectivity index (χ3n) is 5.23. The monoisotopic (exact) mass is 351 g/mol. The summed E-state index contributed by atoms with van der Waals surface area (Å²) in [4.78, 5) is 17.2. The molecule has 1 saturated heterocycles. The van der Waals surface area contributed by atoms with E-state index in [0.717, 1.165) is 37.4 Å². The molecule has 0 saturated carbocycles. The van der Waals surface area contributed by atoms with Crippen molar-refractivity contribution >= 4 is 11.6 Å². The van der Waals surface area contributed by atoms with Crippen LogP contribution in [0.1, 0.15) is 29.2 Å². The molecule has 2 aromatic rings. The number of likely N-dealkylation sites (N-methyl/N-ethyl adjacent to an activating group) is 1. The molecule has 138 valence electrons. The molecule has 1 aliphatic heterocycles. The first-order chi connectivity index (χ1) is 12.5. The average Bonchev–Trinajstić information content (AvgIpc) is 2.64. The number of anilines is 1. The Bertz CT molecular complexity index is 744. The highest BCUT2D eigenvalue weighted by Crippen LogP contribution is 2.24. The zero-order chi connectivity index (χ0) is 18.5. The molecular weight excluding hydrogens is 322 g/mol. The molecule has 1 heterocycles. The molecule has 2 aromatic carbocycles. The summed E-state index contributed by atoms with van der Waals surface area (Å²) in [5.41, 5.74) is 4.59. The van der Waals surface area contributed by atoms with Gasteiger partial charge in [0.25, 0.3) is 0 Å². The molecule has 4 heteroatoms. The van der Waals surface area contributed by atoms with Crippen LogP contribution in [0.25, 0.3) is 0 Å². The van der Waals surface area contributed by atoms with Crippen LogP contribution in [0.2, 0.25) is 0 Å². The largest absolute Gasteiger partial charge is 0.326 e. The predicted molar refractivity (Wildman–Crippen MR) is 107 cm³/mol. The molecule has 0 bridgehead atoms. The van der Waals surface area contributed by atoms with Gasteiger partial charge in [-0.3, -0.25) is 14.6 Å². The highest BCUT2D eigenvalue weighted by atomic mass is 16.1. The molecule has 0 aliphatic carbocycles. The van der Waals surface area contributed by atoms with Crippen molar-refractivity contribution < 1.29 is 4.79 Å². The van der Waals surface area contributed by atoms with E-state index in [4.69, 9.17) is 0 Å². The Balaban J connectivity index is 1.53. The van der Waals surface area contributed by atoms with Gasteiger partial charge in [-0.15, -0.1) is 0 Å². The van der Waals surface area contributed by atoms with E-state index < -0.39 is 0 Å². The summed E-state index contributed by atoms with van der Waals surface area (Å²) in [5.74, 6) is 0.0899. The van der Waals surface area contributed by atoms with Crippen LogP contribution >= 0.6 is 0 Å². The van der Waals surface area contributed by atoms with Crippen LogP contribution in [0.3, 0.4) is 0 Å². The van der Waals surface area contributed by atoms with Gasteiger partial charge in [0.1, 0.15) is 0 Å². The van der Waals surface area contributed by atoms with Gasteiger partial charge in [0.2, 0.25) is 5.91 Å². The van der Waals surface area contributed by atoms with E-state index in [1.807, 2.05) is 19.1 Å². The fraction of sp³-hybridized carbons (Fsp3) is 0.409. The summed E-state index contributed by atoms with van der Waals surface area (Å²) in [5, 5.41) is 3.05. The standard InChI is InChI=1S/C22H29N3O/c1-17-9-10-20(18(2)15-17)23-22(26)11-12-25-14-13-24(3)21(16-25)19-7-5-4-6-8-19/h4-10,15,21H,11-14,16H2,1-3H3,(H,23,26). The van der Waals surface area contributed by atoms with Gasteiger partial charge in [-0.25, -0.2) is 0 Å². The Morgan fingerprint density at radius 1 is 1.12 bits per heavy atom. The second kappa shape index (κ2) is 8.47. The van der Waals surface area contributed by atoms with Gasteiger partial charge >= 0.3 is 0 Å². The Hall–Kier alpha value is -2.17. The highest BCUT2D eigenvalue weighted by molar-refractivity contribution is 5.91. The van der Waals surface area contributed by atoms with E-state index >= 15 is 0 Å². The van der Waals surface area contributed by atoms with E-state index in [9.17, 15) is 4.79 Å². The van der Waals surface area contributed by atoms with Crippen LogP contribution < -0.4 is 5.32 Å². The van der Waals surface area contributed by atoms with Gasteiger partial charge in [0.15, 0.2) is 0 Å². The molecule has 0 radical (unpaired) electrons. The summed E-state index contributed by atoms with van der Waals surface area (Å²) in [7, 11) is 2.18. The lowest BCUT2D eigenvalue weighted by Crippen LogP contribution is -2.47. The Morgan fingerprint density at radius 2 is 1.88 bits per heavy atom. The zero-order valence-electron chi connectivity index (χ0n) is 16.0. The number of rotatable bonds is 5. The summed E-state index contributed by atoms with van der Waals surface area (Å²) in [6, 6.07) is 17.2. The van der Waals surface area contributed by atoms with Gasteiger partial charge in [0.05, 0.1) is 0 Å². The van der Waals surface area contributed by atoms with Crippen molar-refractivity contribution in [3.05, 3.63) is 65.2 Å². The molecule has 1 amide bonds. The smallest absolute Gasteiger partial charge is 0.225 e. The van der Waals surface area contributed by atoms with Crippen molar-refractivity contribution in [3.63, 3.8) is 0 Å². The first-order valence-electron chi connectivity index (χ1n) is 9.37. The quantitative estimate of drug-likeness (QED) is 0.894. The van der Waals surface area contributed by atoms with Gasteiger partial charge in [-0.1, -0.05) is 48.0 Å². The van der Waals surface area contributed by atoms with Gasteiger partial charge in [-0.05, 0) is 38.1 Å². The second-order valence-electron chi connectivity index (χ2n) is 7.32. The van der Waals surface area contributed by atoms with Crippen molar-refractivity contribution in [2.45, 2.75) is 26.3 Å². The fourth-order valence-corrected chi connectivity index (χ4v) is 3.59. The number of carbonyl (C=O) groups is 1. The molecule has 1 unspecified atom stereocenters. The minimum atomic E-state index is 0.0899. The maximum absolute atomic E-state index is 12.4. The number of hydrogen-bond donors (Lipinski definition) is 1. The van der Waals surface area contributed by atoms with E-state index in [1.165, 1.54) is 11.1 Å². The van der Waals surface area contributed by atoms with E-state index in [1.54, 1.807) is 0 Å². The second-order valence-corrected chi connectivity index (χ2v) is 7.32. The Morgan fingerprint density at radius 3 is 2.62 bits per heavy atom. The van der Waals surface area contributed by atoms with Crippen molar-refractivity contribution in [1.82, 2.24) is 9.80 Å². The number of nitrogens with one attached hydrogen (secondary N) is 1. The number of benzene rings is 2. The number of amides is 1. The van der Waals surface area contributed by atoms with E-state index in [-0.39, 0.29) is 5.91 Å². The minimum Gasteiger partial charge on any atom is -0.326 e. The van der Waals surface area contributed by atoms with Crippen LogP contribution in [-0.2, 0) is 4.79 Å². The number of aryl methyl sites for hydroxylation is 2. The van der Waals surface area contributed by atoms with Crippen molar-refractivity contribution in [1.29, 1.82) is 0 Å². The maximum atomic E-state index is 12.4. The molecule has 3 rings (SSSR count). The number of carbonyl (C=O) groups excluding carboxylic acids is 1. The molecule has 1 N–H and O–H groups in total. The molecular formula is C22H29N3O. The Labute approximate surface area is 156 Å². The van der Waals surface area contributed by atoms with E-state index in [0.29, 0.717) is 12.5 Å². The van der Waals surface area contributed by atoms with Crippen LogP contribution in [-0.4, -0.2) is 48.9 Å². The molecule has 1 aliphatic rings. The summed E-state index contributed by atoms with van der Waals surface area (Å²) in [6.45, 7) is 7.91. The van der Waals surface area contributed by atoms with Crippen molar-refractivity contribution in [2.75, 3.05) is 38.5 Å². The third-order valence-corrected chi connectivity index (χ3v) is 5.23. The van der Waals surface area contributed by atoms with Gasteiger partial charge in [0, 0.05) is 44.3 Å². The third kappa shape index (κ3) is 4.71. The predicted octanol–water partition coefficient (Wildman–Crippen LogP) is 3.62. The van der Waals surface area contributed by atoms with Gasteiger partial charge in [-0.2, -0.15) is 0 Å². The highest BCUT2D eigenvalue weighted by Gasteiger charge is 2.25. The van der Waals surface area contributed by atoms with Crippen molar-refractivity contribution in [2.24, 2.45) is 0 Å². The minimum absolute atomic E-state index is 0.0899. The average molecular weight is 351 g/mol. The molecule has 4 nitrogen and oxygen atoms in total. The fourth-order valence-electron chi connectivity index (χ4n) is 3.59. The number of nitrogens with zero attached hydrogens (tertiary/aromatic N) is 2. The van der Waals surface area contributed by atoms with Gasteiger partial charge < -0.3 is 5.32 Å². The topological polar surface area (TPSA) is 35.6 Å². The molecule has 0 aromatic heterocycles. The van der Waals surface area contributed by atoms with Crippen LogP contribution in [0, 0.1) is 13.8 Å². The van der Waals surface area contributed by atoms with Crippen LogP contribution in [0.15, 0.2) is 48.5 Å². The summed E-state index contributed by atoms with van der Waals surface area (Å²) >= 11 is 0. The lowest BCUT2D eigenvalue weighted by atomic mass is 10.0. The molecule has 1 fully saturated rings. The molecule has 0 spiro atoms. The maximum Gasteiger partial charge on any atom is 0.225 e. The first kappa shape index (κ1) is 18.6. The van der Waals surface area contributed by atoms with Crippen molar-refractivity contribution in [3.8, 4) is 0 Å². The number of hydrogen-bond acceptors (Lipinski definition) is 3. The molecule has 26 heavy (non-hydrogen) atoms.